The quantitative estimate of drug-likeness (QED) is 0.486. The molecule has 2 aromatic rings. The van der Waals surface area contributed by atoms with Gasteiger partial charge < -0.3 is 10.1 Å². The third-order valence-electron chi connectivity index (χ3n) is 2.94. The average molecular weight is 384 g/mol. The van der Waals surface area contributed by atoms with Crippen molar-refractivity contribution in [3.63, 3.8) is 0 Å². The predicted molar refractivity (Wildman–Crippen MR) is 89.8 cm³/mol. The van der Waals surface area contributed by atoms with Gasteiger partial charge in [0.2, 0.25) is 0 Å². The molecule has 0 radical (unpaired) electrons. The van der Waals surface area contributed by atoms with Crippen molar-refractivity contribution in [1.29, 1.82) is 0 Å². The lowest BCUT2D eigenvalue weighted by Crippen LogP contribution is -2.34. The first-order valence-electron chi connectivity index (χ1n) is 6.65. The van der Waals surface area contributed by atoms with Crippen LogP contribution in [0.3, 0.4) is 0 Å². The van der Waals surface area contributed by atoms with Crippen LogP contribution in [0, 0.1) is 5.82 Å². The van der Waals surface area contributed by atoms with Crippen LogP contribution in [-0.4, -0.2) is 23.1 Å². The summed E-state index contributed by atoms with van der Waals surface area (Å²) in [6.07, 6.45) is 2.49. The van der Waals surface area contributed by atoms with E-state index in [9.17, 15) is 9.18 Å². The van der Waals surface area contributed by atoms with E-state index in [2.05, 4.69) is 31.2 Å². The molecule has 7 heteroatoms. The van der Waals surface area contributed by atoms with Crippen LogP contribution in [-0.2, 0) is 4.79 Å². The highest BCUT2D eigenvalue weighted by Gasteiger charge is 2.14. The molecule has 0 spiro atoms. The minimum Gasteiger partial charge on any atom is -0.359 e. The Morgan fingerprint density at radius 2 is 2.27 bits per heavy atom. The largest absolute Gasteiger partial charge is 0.359 e. The van der Waals surface area contributed by atoms with Crippen molar-refractivity contribution in [2.24, 2.45) is 4.99 Å². The predicted octanol–water partition coefficient (Wildman–Crippen LogP) is 3.73. The molecule has 0 unspecified atom stereocenters. The number of nitrogens with zero attached hydrogens (tertiary/aromatic N) is 2. The van der Waals surface area contributed by atoms with Crippen LogP contribution >= 0.6 is 27.3 Å². The first-order chi connectivity index (χ1) is 10.5. The van der Waals surface area contributed by atoms with Gasteiger partial charge in [0.1, 0.15) is 12.1 Å². The number of aromatic nitrogens is 1. The number of nitrogens with one attached hydrogen (secondary N) is 1. The zero-order valence-electron chi connectivity index (χ0n) is 12.1. The molecule has 22 heavy (non-hydrogen) atoms. The molecule has 1 aromatic heterocycles. The summed E-state index contributed by atoms with van der Waals surface area (Å²) >= 11 is 4.79. The fourth-order valence-electron chi connectivity index (χ4n) is 1.85. The first kappa shape index (κ1) is 16.8. The van der Waals surface area contributed by atoms with E-state index in [1.54, 1.807) is 19.2 Å². The summed E-state index contributed by atoms with van der Waals surface area (Å²) in [5, 5.41) is 5.59. The van der Waals surface area contributed by atoms with Crippen LogP contribution in [0.4, 0.5) is 4.39 Å². The summed E-state index contributed by atoms with van der Waals surface area (Å²) in [6, 6.07) is 3.91. The number of amidine groups is 1. The monoisotopic (exact) mass is 383 g/mol. The highest BCUT2D eigenvalue weighted by Crippen LogP contribution is 2.27. The lowest BCUT2D eigenvalue weighted by molar-refractivity contribution is -0.108. The molecule has 0 amide bonds. The summed E-state index contributed by atoms with van der Waals surface area (Å²) < 4.78 is 13.8. The van der Waals surface area contributed by atoms with Gasteiger partial charge >= 0.3 is 0 Å². The molecule has 4 nitrogen and oxygen atoms in total. The molecule has 116 valence electrons. The first-order valence-corrected chi connectivity index (χ1v) is 8.33. The van der Waals surface area contributed by atoms with Gasteiger partial charge in [-0.05, 0) is 31.5 Å². The minimum atomic E-state index is -0.369. The number of carbonyl (C=O) groups excluding carboxylic acids is 1. The van der Waals surface area contributed by atoms with Crippen LogP contribution in [0.2, 0.25) is 0 Å². The molecule has 0 saturated carbocycles. The van der Waals surface area contributed by atoms with Gasteiger partial charge in [-0.3, -0.25) is 4.99 Å². The normalized spacial score (nSPS) is 14.5. The Hall–Kier alpha value is -1.60. The van der Waals surface area contributed by atoms with Crippen molar-refractivity contribution in [1.82, 2.24) is 10.3 Å². The van der Waals surface area contributed by atoms with E-state index < -0.39 is 0 Å². The van der Waals surface area contributed by atoms with Crippen LogP contribution in [0.1, 0.15) is 30.5 Å². The highest BCUT2D eigenvalue weighted by atomic mass is 79.9. The van der Waals surface area contributed by atoms with Crippen molar-refractivity contribution in [3.05, 3.63) is 50.6 Å². The van der Waals surface area contributed by atoms with Gasteiger partial charge in [-0.15, -0.1) is 11.3 Å². The lowest BCUT2D eigenvalue weighted by Gasteiger charge is -2.15. The van der Waals surface area contributed by atoms with E-state index in [0.717, 1.165) is 11.8 Å². The number of rotatable bonds is 5. The standard InChI is InChI=1S/C15H15BrFN3OS/c1-9(8-21)19-14(15-18-5-6-22-15)20-10(2)12-4-3-11(17)7-13(12)16/h3-10H,1-2H3,(H,19,20)/t9-,10-/m1/s1. The van der Waals surface area contributed by atoms with Crippen molar-refractivity contribution in [3.8, 4) is 0 Å². The second kappa shape index (κ2) is 7.60. The molecule has 0 fully saturated rings. The number of halogens is 2. The lowest BCUT2D eigenvalue weighted by atomic mass is 10.1. The molecule has 2 rings (SSSR count). The molecule has 1 N–H and O–H groups in total. The van der Waals surface area contributed by atoms with Gasteiger partial charge in [0, 0.05) is 16.0 Å². The molecule has 0 saturated heterocycles. The summed E-state index contributed by atoms with van der Waals surface area (Å²) in [6.45, 7) is 3.65. The SMILES string of the molecule is C[C@H](C=O)NC(=N[C@H](C)c1ccc(F)cc1Br)c1nccs1. The topological polar surface area (TPSA) is 54.4 Å². The van der Waals surface area contributed by atoms with Gasteiger partial charge in [-0.2, -0.15) is 0 Å². The number of benzene rings is 1. The molecule has 0 bridgehead atoms. The van der Waals surface area contributed by atoms with Crippen LogP contribution in [0.5, 0.6) is 0 Å². The molecular formula is C15H15BrFN3OS. The second-order valence-corrected chi connectivity index (χ2v) is 6.47. The zero-order valence-corrected chi connectivity index (χ0v) is 14.5. The Labute approximate surface area is 140 Å². The highest BCUT2D eigenvalue weighted by molar-refractivity contribution is 9.10. The number of aldehydes is 1. The van der Waals surface area contributed by atoms with Gasteiger partial charge in [0.05, 0.1) is 12.1 Å². The summed E-state index contributed by atoms with van der Waals surface area (Å²) in [5.41, 5.74) is 0.857. The molecule has 1 aromatic carbocycles. The fraction of sp³-hybridized carbons (Fsp3) is 0.267. The Morgan fingerprint density at radius 1 is 1.50 bits per heavy atom. The number of hydrogen-bond acceptors (Lipinski definition) is 4. The van der Waals surface area contributed by atoms with Crippen LogP contribution < -0.4 is 5.32 Å². The second-order valence-electron chi connectivity index (χ2n) is 4.73. The van der Waals surface area contributed by atoms with Gasteiger partial charge in [0.15, 0.2) is 10.8 Å². The Balaban J connectivity index is 2.33. The van der Waals surface area contributed by atoms with E-state index in [1.165, 1.54) is 23.5 Å². The zero-order chi connectivity index (χ0) is 16.1. The van der Waals surface area contributed by atoms with Crippen molar-refractivity contribution < 1.29 is 9.18 Å². The molecule has 0 aliphatic carbocycles. The summed E-state index contributed by atoms with van der Waals surface area (Å²) in [5.74, 6) is 0.248. The maximum absolute atomic E-state index is 13.2. The fourth-order valence-corrected chi connectivity index (χ4v) is 3.13. The Morgan fingerprint density at radius 3 is 2.86 bits per heavy atom. The molecular weight excluding hydrogens is 369 g/mol. The Kier molecular flexibility index (Phi) is 5.79. The molecule has 0 aliphatic rings. The van der Waals surface area contributed by atoms with Crippen molar-refractivity contribution in [2.75, 3.05) is 0 Å². The van der Waals surface area contributed by atoms with Crippen LogP contribution in [0.25, 0.3) is 0 Å². The third-order valence-corrected chi connectivity index (χ3v) is 4.41. The minimum absolute atomic E-state index is 0.222. The van der Waals surface area contributed by atoms with Gasteiger partial charge in [0.25, 0.3) is 0 Å². The van der Waals surface area contributed by atoms with Gasteiger partial charge in [-0.25, -0.2) is 9.37 Å². The number of carbonyl (C=O) groups is 1. The smallest absolute Gasteiger partial charge is 0.159 e. The van der Waals surface area contributed by atoms with Crippen LogP contribution in [0.15, 0.2) is 39.2 Å². The average Bonchev–Trinajstić information content (AvgIpc) is 3.00. The van der Waals surface area contributed by atoms with E-state index >= 15 is 0 Å². The summed E-state index contributed by atoms with van der Waals surface area (Å²) in [7, 11) is 0. The molecule has 0 aliphatic heterocycles. The maximum Gasteiger partial charge on any atom is 0.159 e. The number of aliphatic imine (C=N–C) groups is 1. The maximum atomic E-state index is 13.2. The van der Waals surface area contributed by atoms with E-state index in [1.807, 2.05) is 12.3 Å². The van der Waals surface area contributed by atoms with E-state index in [-0.39, 0.29) is 17.9 Å². The molecule has 2 atom stereocenters. The van der Waals surface area contributed by atoms with E-state index in [4.69, 9.17) is 0 Å². The third kappa shape index (κ3) is 4.20. The van der Waals surface area contributed by atoms with Gasteiger partial charge in [-0.1, -0.05) is 22.0 Å². The van der Waals surface area contributed by atoms with E-state index in [0.29, 0.717) is 15.3 Å². The number of hydrogen-bond donors (Lipinski definition) is 1. The number of thiazole rings is 1. The molecule has 1 heterocycles. The van der Waals surface area contributed by atoms with Crippen molar-refractivity contribution in [2.45, 2.75) is 25.9 Å². The Bertz CT molecular complexity index is 675. The summed E-state index contributed by atoms with van der Waals surface area (Å²) in [4.78, 5) is 19.7. The van der Waals surface area contributed by atoms with Crippen molar-refractivity contribution >= 4 is 39.4 Å².